The van der Waals surface area contributed by atoms with Crippen LogP contribution in [-0.4, -0.2) is 63.4 Å². The molecule has 2 aliphatic carbocycles. The number of pyridine rings is 1. The van der Waals surface area contributed by atoms with Crippen molar-refractivity contribution in [3.8, 4) is 0 Å². The molecule has 5 atom stereocenters. The molecule has 1 saturated heterocycles. The number of likely N-dealkylation sites (tertiary alicyclic amines) is 1. The second-order valence-electron chi connectivity index (χ2n) is 12.2. The average Bonchev–Trinajstić information content (AvgIpc) is 3.46. The molecule has 2 heterocycles. The van der Waals surface area contributed by atoms with Crippen LogP contribution in [-0.2, 0) is 14.4 Å². The van der Waals surface area contributed by atoms with Crippen LogP contribution >= 0.6 is 0 Å². The topological polar surface area (TPSA) is 149 Å². The summed E-state index contributed by atoms with van der Waals surface area (Å²) in [5.74, 6) is -2.44. The van der Waals surface area contributed by atoms with Gasteiger partial charge in [-0.1, -0.05) is 52.5 Å². The lowest BCUT2D eigenvalue weighted by molar-refractivity contribution is -0.152. The van der Waals surface area contributed by atoms with Crippen molar-refractivity contribution in [3.63, 3.8) is 0 Å². The molecule has 0 aromatic carbocycles. The normalized spacial score (nSPS) is 25.3. The van der Waals surface area contributed by atoms with E-state index >= 15 is 0 Å². The molecule has 0 bridgehead atoms. The van der Waals surface area contributed by atoms with E-state index in [9.17, 15) is 29.1 Å². The van der Waals surface area contributed by atoms with Crippen LogP contribution in [0.4, 0.5) is 0 Å². The summed E-state index contributed by atoms with van der Waals surface area (Å²) >= 11 is 0. The molecule has 1 unspecified atom stereocenters. The molecule has 3 aliphatic rings. The van der Waals surface area contributed by atoms with Gasteiger partial charge in [-0.2, -0.15) is 0 Å². The second kappa shape index (κ2) is 11.3. The first kappa shape index (κ1) is 27.9. The van der Waals surface area contributed by atoms with Crippen LogP contribution < -0.4 is 16.2 Å². The lowest BCUT2D eigenvalue weighted by atomic mass is 9.82. The van der Waals surface area contributed by atoms with Crippen LogP contribution in [0.3, 0.4) is 0 Å². The number of H-pyrrole nitrogens is 1. The molecular formula is C28H40N4O6. The molecule has 0 spiro atoms. The summed E-state index contributed by atoms with van der Waals surface area (Å²) in [6.07, 6.45) is 7.11. The number of nitrogens with one attached hydrogen (secondary N) is 3. The van der Waals surface area contributed by atoms with E-state index in [1.807, 2.05) is 20.8 Å². The molecule has 3 fully saturated rings. The van der Waals surface area contributed by atoms with Crippen molar-refractivity contribution in [1.82, 2.24) is 20.5 Å². The van der Waals surface area contributed by atoms with Gasteiger partial charge in [0.05, 0.1) is 0 Å². The average molecular weight is 529 g/mol. The molecular weight excluding hydrogens is 488 g/mol. The highest BCUT2D eigenvalue weighted by molar-refractivity contribution is 5.98. The molecule has 208 valence electrons. The van der Waals surface area contributed by atoms with E-state index in [2.05, 4.69) is 15.6 Å². The maximum Gasteiger partial charge on any atom is 0.326 e. The quantitative estimate of drug-likeness (QED) is 0.427. The van der Waals surface area contributed by atoms with E-state index < -0.39 is 52.8 Å². The Bertz CT molecular complexity index is 1120. The van der Waals surface area contributed by atoms with Crippen molar-refractivity contribution >= 4 is 23.7 Å². The maximum absolute atomic E-state index is 13.9. The number of carboxylic acid groups (broad SMARTS) is 1. The van der Waals surface area contributed by atoms with Crippen molar-refractivity contribution < 1.29 is 24.3 Å². The van der Waals surface area contributed by atoms with Gasteiger partial charge in [-0.3, -0.25) is 19.2 Å². The monoisotopic (exact) mass is 528 g/mol. The number of nitrogens with zero attached hydrogens (tertiary/aromatic N) is 1. The van der Waals surface area contributed by atoms with Gasteiger partial charge in [0.25, 0.3) is 5.91 Å². The molecule has 38 heavy (non-hydrogen) atoms. The predicted octanol–water partition coefficient (Wildman–Crippen LogP) is 2.30. The van der Waals surface area contributed by atoms with Crippen molar-refractivity contribution in [3.05, 3.63) is 34.2 Å². The minimum absolute atomic E-state index is 0.0578. The molecule has 4 rings (SSSR count). The smallest absolute Gasteiger partial charge is 0.326 e. The SMILES string of the molecule is CC(C)(C)[C@H](NC(=O)[C@@H](NC(=O)c1cccc(=O)[nH]1)C1CCCCC1)C(=O)N1C[C@@H]2CCC[C@@H]2C1C(=O)O. The highest BCUT2D eigenvalue weighted by Gasteiger charge is 2.52. The number of rotatable bonds is 7. The standard InChI is InChI=1S/C28H40N4O6/c1-28(2,3)23(26(36)32-15-17-11-7-12-18(17)22(32)27(37)38)31-25(35)21(16-9-5-4-6-10-16)30-24(34)19-13-8-14-20(33)29-19/h8,13-14,16-18,21-23H,4-7,9-12,15H2,1-3H3,(H,29,33)(H,30,34)(H,31,35)(H,37,38)/t17-,18-,21-,22?,23+/m0/s1. The van der Waals surface area contributed by atoms with Crippen LogP contribution in [0.5, 0.6) is 0 Å². The Morgan fingerprint density at radius 1 is 1.00 bits per heavy atom. The van der Waals surface area contributed by atoms with Gasteiger partial charge < -0.3 is 25.6 Å². The van der Waals surface area contributed by atoms with E-state index in [0.29, 0.717) is 6.54 Å². The third kappa shape index (κ3) is 5.94. The van der Waals surface area contributed by atoms with E-state index in [0.717, 1.165) is 51.4 Å². The molecule has 10 nitrogen and oxygen atoms in total. The number of aliphatic carboxylic acids is 1. The number of amides is 3. The minimum atomic E-state index is -1.00. The molecule has 0 radical (unpaired) electrons. The third-order valence-corrected chi connectivity index (χ3v) is 8.53. The summed E-state index contributed by atoms with van der Waals surface area (Å²) in [6, 6.07) is 1.51. The Kier molecular flexibility index (Phi) is 8.28. The van der Waals surface area contributed by atoms with Crippen molar-refractivity contribution in [1.29, 1.82) is 0 Å². The zero-order valence-corrected chi connectivity index (χ0v) is 22.5. The van der Waals surface area contributed by atoms with Gasteiger partial charge in [-0.25, -0.2) is 4.79 Å². The number of fused-ring (bicyclic) bond motifs is 1. The Labute approximate surface area is 222 Å². The van der Waals surface area contributed by atoms with Gasteiger partial charge in [0.15, 0.2) is 0 Å². The van der Waals surface area contributed by atoms with E-state index in [-0.39, 0.29) is 23.4 Å². The molecule has 1 aromatic heterocycles. The van der Waals surface area contributed by atoms with Crippen LogP contribution in [0, 0.1) is 23.2 Å². The zero-order valence-electron chi connectivity index (χ0n) is 22.5. The van der Waals surface area contributed by atoms with E-state index in [1.165, 1.54) is 23.1 Å². The zero-order chi connectivity index (χ0) is 27.6. The van der Waals surface area contributed by atoms with Crippen LogP contribution in [0.1, 0.15) is 82.6 Å². The molecule has 2 saturated carbocycles. The lowest BCUT2D eigenvalue weighted by Gasteiger charge is -2.37. The van der Waals surface area contributed by atoms with Crippen LogP contribution in [0.2, 0.25) is 0 Å². The van der Waals surface area contributed by atoms with Gasteiger partial charge in [0.1, 0.15) is 23.8 Å². The highest BCUT2D eigenvalue weighted by Crippen LogP contribution is 2.43. The van der Waals surface area contributed by atoms with E-state index in [1.54, 1.807) is 0 Å². The summed E-state index contributed by atoms with van der Waals surface area (Å²) < 4.78 is 0. The summed E-state index contributed by atoms with van der Waals surface area (Å²) in [6.45, 7) is 5.90. The van der Waals surface area contributed by atoms with Gasteiger partial charge in [-0.15, -0.1) is 0 Å². The van der Waals surface area contributed by atoms with Gasteiger partial charge >= 0.3 is 5.97 Å². The fraction of sp³-hybridized carbons (Fsp3) is 0.679. The molecule has 1 aromatic rings. The number of carboxylic acids is 1. The van der Waals surface area contributed by atoms with Crippen molar-refractivity contribution in [2.24, 2.45) is 23.2 Å². The second-order valence-corrected chi connectivity index (χ2v) is 12.2. The number of carbonyl (C=O) groups excluding carboxylic acids is 3. The lowest BCUT2D eigenvalue weighted by Crippen LogP contribution is -2.61. The third-order valence-electron chi connectivity index (χ3n) is 8.53. The fourth-order valence-corrected chi connectivity index (χ4v) is 6.56. The molecule has 1 aliphatic heterocycles. The van der Waals surface area contributed by atoms with Gasteiger partial charge in [0, 0.05) is 12.6 Å². The largest absolute Gasteiger partial charge is 0.480 e. The minimum Gasteiger partial charge on any atom is -0.480 e. The van der Waals surface area contributed by atoms with Crippen molar-refractivity contribution in [2.75, 3.05) is 6.54 Å². The van der Waals surface area contributed by atoms with E-state index in [4.69, 9.17) is 0 Å². The van der Waals surface area contributed by atoms with Crippen LogP contribution in [0.25, 0.3) is 0 Å². The fourth-order valence-electron chi connectivity index (χ4n) is 6.56. The number of carbonyl (C=O) groups is 4. The number of hydrogen-bond acceptors (Lipinski definition) is 5. The van der Waals surface area contributed by atoms with Gasteiger partial charge in [0.2, 0.25) is 17.4 Å². The first-order valence-electron chi connectivity index (χ1n) is 13.8. The summed E-state index contributed by atoms with van der Waals surface area (Å²) in [4.78, 5) is 68.5. The summed E-state index contributed by atoms with van der Waals surface area (Å²) in [5, 5.41) is 15.7. The number of aromatic amines is 1. The first-order valence-corrected chi connectivity index (χ1v) is 13.8. The Hall–Kier alpha value is -3.17. The summed E-state index contributed by atoms with van der Waals surface area (Å²) in [5.41, 5.74) is -1.06. The molecule has 4 N–H and O–H groups in total. The Morgan fingerprint density at radius 2 is 1.71 bits per heavy atom. The summed E-state index contributed by atoms with van der Waals surface area (Å²) in [7, 11) is 0. The Balaban J connectivity index is 1.57. The first-order chi connectivity index (χ1) is 18.0. The van der Waals surface area contributed by atoms with Gasteiger partial charge in [-0.05, 0) is 54.9 Å². The molecule has 10 heteroatoms. The van der Waals surface area contributed by atoms with Crippen molar-refractivity contribution in [2.45, 2.75) is 90.3 Å². The Morgan fingerprint density at radius 3 is 2.34 bits per heavy atom. The predicted molar refractivity (Wildman–Crippen MR) is 140 cm³/mol. The van der Waals surface area contributed by atoms with Crippen LogP contribution in [0.15, 0.2) is 23.0 Å². The number of aromatic nitrogens is 1. The number of hydrogen-bond donors (Lipinski definition) is 4. The maximum atomic E-state index is 13.9. The molecule has 3 amide bonds. The highest BCUT2D eigenvalue weighted by atomic mass is 16.4.